The van der Waals surface area contributed by atoms with Gasteiger partial charge in [-0.3, -0.25) is 4.79 Å². The maximum Gasteiger partial charge on any atom is 0.331 e. The molecule has 55 heavy (non-hydrogen) atoms. The van der Waals surface area contributed by atoms with Crippen molar-refractivity contribution in [1.29, 1.82) is 0 Å². The van der Waals surface area contributed by atoms with E-state index in [1.165, 1.54) is 31.2 Å². The van der Waals surface area contributed by atoms with Crippen LogP contribution >= 0.6 is 0 Å². The van der Waals surface area contributed by atoms with E-state index < -0.39 is 131 Å². The first-order valence-corrected chi connectivity index (χ1v) is 16.5. The fraction of sp³-hybridized carbons (Fsp3) is 0.333. The number of hydrogen-bond acceptors (Lipinski definition) is 19. The number of aliphatic hydroxyl groups is 5. The predicted octanol–water partition coefficient (Wildman–Crippen LogP) is -0.0116. The SMILES string of the molecule is C[C@@H]1O[C@H](OC[C@H]2O[C@@H](Oc3c(-c4ccc(O)c(O)c4)oc4cc(O)cc(O)c4c3=O)[C@H](O)[C@@H](O)[C@@H]2O)[C@H](OC(=O)/C=C/c2ccc(O)c(O)c2)[C@H](O)[C@H]1O. The highest BCUT2D eigenvalue weighted by molar-refractivity contribution is 5.89. The third kappa shape index (κ3) is 7.95. The molecule has 0 aliphatic carbocycles. The van der Waals surface area contributed by atoms with Gasteiger partial charge in [-0.1, -0.05) is 6.07 Å². The molecule has 2 fully saturated rings. The highest BCUT2D eigenvalue weighted by Crippen LogP contribution is 2.39. The summed E-state index contributed by atoms with van der Waals surface area (Å²) in [6, 6.07) is 8.86. The number of phenolic OH excluding ortho intramolecular Hbond substituents is 6. The molecule has 2 aliphatic heterocycles. The molecule has 294 valence electrons. The lowest BCUT2D eigenvalue weighted by atomic mass is 9.98. The van der Waals surface area contributed by atoms with Gasteiger partial charge in [0, 0.05) is 23.8 Å². The number of ether oxygens (including phenoxy) is 5. The lowest BCUT2D eigenvalue weighted by Gasteiger charge is -2.43. The Hall–Kier alpha value is -5.64. The highest BCUT2D eigenvalue weighted by atomic mass is 16.7. The normalized spacial score (nSPS) is 28.3. The van der Waals surface area contributed by atoms with Gasteiger partial charge in [-0.05, 0) is 48.9 Å². The van der Waals surface area contributed by atoms with Crippen LogP contribution in [0, 0.1) is 0 Å². The summed E-state index contributed by atoms with van der Waals surface area (Å²) in [6.45, 7) is 0.669. The molecular formula is C36H36O19. The fourth-order valence-electron chi connectivity index (χ4n) is 5.93. The monoisotopic (exact) mass is 772 g/mol. The number of aromatic hydroxyl groups is 6. The summed E-state index contributed by atoms with van der Waals surface area (Å²) < 4.78 is 33.9. The van der Waals surface area contributed by atoms with Crippen molar-refractivity contribution in [3.05, 3.63) is 70.4 Å². The minimum atomic E-state index is -2.05. The van der Waals surface area contributed by atoms with Crippen molar-refractivity contribution in [3.8, 4) is 51.6 Å². The van der Waals surface area contributed by atoms with Gasteiger partial charge in [-0.25, -0.2) is 4.79 Å². The molecule has 2 aliphatic rings. The molecule has 0 amide bonds. The Labute approximate surface area is 308 Å². The van der Waals surface area contributed by atoms with Crippen molar-refractivity contribution in [2.75, 3.05) is 6.61 Å². The summed E-state index contributed by atoms with van der Waals surface area (Å²) in [4.78, 5) is 26.5. The van der Waals surface area contributed by atoms with Crippen LogP contribution in [0.25, 0.3) is 28.4 Å². The molecule has 10 atom stereocenters. The molecule has 3 aromatic carbocycles. The van der Waals surface area contributed by atoms with Gasteiger partial charge >= 0.3 is 5.97 Å². The summed E-state index contributed by atoms with van der Waals surface area (Å²) in [6.07, 6.45) is -15.1. The summed E-state index contributed by atoms with van der Waals surface area (Å²) in [5, 5.41) is 113. The second-order valence-electron chi connectivity index (χ2n) is 12.8. The molecule has 0 saturated carbocycles. The Kier molecular flexibility index (Phi) is 11.1. The van der Waals surface area contributed by atoms with Crippen LogP contribution in [0.4, 0.5) is 0 Å². The standard InChI is InChI=1S/C36H36O19/c1-13-26(44)30(48)34(54-24(43)7-3-14-2-5-17(38)19(40)8-14)36(51-13)50-12-23-27(45)29(47)31(49)35(53-23)55-33-28(46)25-21(42)10-16(37)11-22(25)52-32(33)15-4-6-18(39)20(41)9-15/h2-11,13,23,26-27,29-31,34-42,44-45,47-49H,12H2,1H3/b7-3+/t13-,23+,26-,27+,29-,30+,31+,34+,35-,36-/m0/s1. The van der Waals surface area contributed by atoms with Gasteiger partial charge in [0.15, 0.2) is 41.2 Å². The Balaban J connectivity index is 1.24. The number of phenols is 6. The van der Waals surface area contributed by atoms with E-state index >= 15 is 0 Å². The molecule has 4 aromatic rings. The maximum absolute atomic E-state index is 13.8. The van der Waals surface area contributed by atoms with Gasteiger partial charge in [0.25, 0.3) is 0 Å². The minimum absolute atomic E-state index is 0.0705. The predicted molar refractivity (Wildman–Crippen MR) is 183 cm³/mol. The number of aliphatic hydroxyl groups excluding tert-OH is 5. The Bertz CT molecular complexity index is 2150. The lowest BCUT2D eigenvalue weighted by Crippen LogP contribution is -2.62. The maximum atomic E-state index is 13.8. The second-order valence-corrected chi connectivity index (χ2v) is 12.8. The molecule has 0 unspecified atom stereocenters. The van der Waals surface area contributed by atoms with Crippen LogP contribution in [0.1, 0.15) is 12.5 Å². The van der Waals surface area contributed by atoms with Crippen molar-refractivity contribution < 1.29 is 89.1 Å². The molecular weight excluding hydrogens is 736 g/mol. The number of carbonyl (C=O) groups is 1. The highest BCUT2D eigenvalue weighted by Gasteiger charge is 2.49. The first kappa shape index (κ1) is 39.1. The smallest absolute Gasteiger partial charge is 0.331 e. The largest absolute Gasteiger partial charge is 0.508 e. The Morgan fingerprint density at radius 2 is 1.44 bits per heavy atom. The van der Waals surface area contributed by atoms with Crippen LogP contribution in [-0.4, -0.2) is 130 Å². The summed E-state index contributed by atoms with van der Waals surface area (Å²) in [7, 11) is 0. The van der Waals surface area contributed by atoms with Crippen LogP contribution in [0.2, 0.25) is 0 Å². The molecule has 6 rings (SSSR count). The quantitative estimate of drug-likeness (QED) is 0.0605. The summed E-state index contributed by atoms with van der Waals surface area (Å²) >= 11 is 0. The van der Waals surface area contributed by atoms with Gasteiger partial charge in [0.2, 0.25) is 17.5 Å². The molecule has 11 N–H and O–H groups in total. The Morgan fingerprint density at radius 1 is 0.745 bits per heavy atom. The van der Waals surface area contributed by atoms with Gasteiger partial charge in [0.1, 0.15) is 59.1 Å². The number of fused-ring (bicyclic) bond motifs is 1. The first-order valence-electron chi connectivity index (χ1n) is 16.5. The topological polar surface area (TPSA) is 316 Å². The molecule has 2 saturated heterocycles. The molecule has 19 nitrogen and oxygen atoms in total. The van der Waals surface area contributed by atoms with Crippen molar-refractivity contribution in [2.45, 2.75) is 68.3 Å². The number of rotatable bonds is 9. The van der Waals surface area contributed by atoms with E-state index in [-0.39, 0.29) is 11.1 Å². The van der Waals surface area contributed by atoms with Gasteiger partial charge in [0.05, 0.1) is 12.7 Å². The lowest BCUT2D eigenvalue weighted by molar-refractivity contribution is -0.319. The summed E-state index contributed by atoms with van der Waals surface area (Å²) in [5.41, 5.74) is -1.17. The second kappa shape index (κ2) is 15.6. The molecule has 0 spiro atoms. The number of carbonyl (C=O) groups excluding carboxylic acids is 1. The van der Waals surface area contributed by atoms with Gasteiger partial charge < -0.3 is 84.3 Å². The van der Waals surface area contributed by atoms with Crippen LogP contribution in [0.15, 0.2) is 63.8 Å². The van der Waals surface area contributed by atoms with E-state index in [0.29, 0.717) is 5.56 Å². The molecule has 0 bridgehead atoms. The van der Waals surface area contributed by atoms with E-state index in [0.717, 1.165) is 36.4 Å². The summed E-state index contributed by atoms with van der Waals surface area (Å²) in [5.74, 6) is -5.44. The fourth-order valence-corrected chi connectivity index (χ4v) is 5.93. The van der Waals surface area contributed by atoms with Gasteiger partial charge in [-0.2, -0.15) is 0 Å². The third-order valence-electron chi connectivity index (χ3n) is 8.93. The zero-order chi connectivity index (χ0) is 39.9. The number of hydrogen-bond donors (Lipinski definition) is 11. The zero-order valence-corrected chi connectivity index (χ0v) is 28.4. The van der Waals surface area contributed by atoms with Crippen LogP contribution in [0.3, 0.4) is 0 Å². The van der Waals surface area contributed by atoms with Crippen molar-refractivity contribution >= 4 is 23.0 Å². The molecule has 3 heterocycles. The zero-order valence-electron chi connectivity index (χ0n) is 28.4. The van der Waals surface area contributed by atoms with E-state index in [1.54, 1.807) is 0 Å². The molecule has 0 radical (unpaired) electrons. The minimum Gasteiger partial charge on any atom is -0.508 e. The van der Waals surface area contributed by atoms with E-state index in [9.17, 15) is 65.8 Å². The first-order chi connectivity index (χ1) is 26.0. The van der Waals surface area contributed by atoms with Gasteiger partial charge in [-0.15, -0.1) is 0 Å². The van der Waals surface area contributed by atoms with E-state index in [4.69, 9.17) is 28.1 Å². The van der Waals surface area contributed by atoms with Crippen molar-refractivity contribution in [1.82, 2.24) is 0 Å². The number of esters is 1. The van der Waals surface area contributed by atoms with Crippen molar-refractivity contribution in [3.63, 3.8) is 0 Å². The average Bonchev–Trinajstić information content (AvgIpc) is 3.13. The third-order valence-corrected chi connectivity index (χ3v) is 8.93. The molecule has 19 heteroatoms. The van der Waals surface area contributed by atoms with Crippen molar-refractivity contribution in [2.24, 2.45) is 0 Å². The Morgan fingerprint density at radius 3 is 2.13 bits per heavy atom. The van der Waals surface area contributed by atoms with Crippen LogP contribution < -0.4 is 10.2 Å². The van der Waals surface area contributed by atoms with E-state index in [2.05, 4.69) is 0 Å². The number of benzene rings is 3. The molecule has 1 aromatic heterocycles. The van der Waals surface area contributed by atoms with Crippen LogP contribution in [0.5, 0.6) is 40.2 Å². The van der Waals surface area contributed by atoms with Crippen LogP contribution in [-0.2, 0) is 23.7 Å². The average molecular weight is 773 g/mol. The van der Waals surface area contributed by atoms with E-state index in [1.807, 2.05) is 0 Å².